The Bertz CT molecular complexity index is 904. The molecule has 2 N–H and O–H groups in total. The first kappa shape index (κ1) is 29.7. The topological polar surface area (TPSA) is 87.7 Å². The van der Waals surface area contributed by atoms with Gasteiger partial charge in [-0.2, -0.15) is 0 Å². The van der Waals surface area contributed by atoms with Gasteiger partial charge in [0, 0.05) is 12.6 Å². The zero-order valence-electron chi connectivity index (χ0n) is 23.6. The van der Waals surface area contributed by atoms with Crippen LogP contribution in [0, 0.1) is 19.8 Å². The fraction of sp³-hybridized carbons (Fsp3) is 0.690. The highest BCUT2D eigenvalue weighted by Crippen LogP contribution is 2.36. The number of hydrogen-bond donors (Lipinski definition) is 2. The van der Waals surface area contributed by atoms with Crippen molar-refractivity contribution < 1.29 is 19.1 Å². The Morgan fingerprint density at radius 2 is 1.75 bits per heavy atom. The quantitative estimate of drug-likeness (QED) is 0.366. The summed E-state index contributed by atoms with van der Waals surface area (Å²) in [7, 11) is 0. The van der Waals surface area contributed by atoms with Crippen molar-refractivity contribution >= 4 is 17.9 Å². The second-order valence-corrected chi connectivity index (χ2v) is 11.2. The molecular weight excluding hydrogens is 454 g/mol. The minimum absolute atomic E-state index is 0.0301. The van der Waals surface area contributed by atoms with Gasteiger partial charge in [0.25, 0.3) is 0 Å². The lowest BCUT2D eigenvalue weighted by atomic mass is 9.94. The van der Waals surface area contributed by atoms with Crippen LogP contribution < -0.4 is 10.6 Å². The molecule has 3 unspecified atom stereocenters. The molecule has 1 aliphatic rings. The van der Waals surface area contributed by atoms with Crippen molar-refractivity contribution in [3.8, 4) is 0 Å². The molecule has 1 fully saturated rings. The highest BCUT2D eigenvalue weighted by molar-refractivity contribution is 5.92. The predicted octanol–water partition coefficient (Wildman–Crippen LogP) is 5.58. The Kier molecular flexibility index (Phi) is 10.8. The highest BCUT2D eigenvalue weighted by atomic mass is 16.6. The molecule has 3 atom stereocenters. The zero-order valence-corrected chi connectivity index (χ0v) is 23.6. The second kappa shape index (κ2) is 13.1. The van der Waals surface area contributed by atoms with Crippen molar-refractivity contribution in [2.75, 3.05) is 6.54 Å². The Morgan fingerprint density at radius 1 is 1.08 bits per heavy atom. The summed E-state index contributed by atoms with van der Waals surface area (Å²) < 4.78 is 5.47. The number of benzene rings is 1. The van der Waals surface area contributed by atoms with Gasteiger partial charge in [0.15, 0.2) is 0 Å². The molecule has 202 valence electrons. The van der Waals surface area contributed by atoms with Crippen molar-refractivity contribution in [1.29, 1.82) is 0 Å². The monoisotopic (exact) mass is 501 g/mol. The van der Waals surface area contributed by atoms with E-state index < -0.39 is 23.8 Å². The van der Waals surface area contributed by atoms with Gasteiger partial charge >= 0.3 is 6.09 Å². The van der Waals surface area contributed by atoms with Gasteiger partial charge < -0.3 is 20.3 Å². The van der Waals surface area contributed by atoms with E-state index in [4.69, 9.17) is 4.74 Å². The zero-order chi connectivity index (χ0) is 27.0. The fourth-order valence-corrected chi connectivity index (χ4v) is 4.21. The summed E-state index contributed by atoms with van der Waals surface area (Å²) in [5, 5.41) is 5.91. The summed E-state index contributed by atoms with van der Waals surface area (Å²) in [5.41, 5.74) is 2.33. The van der Waals surface area contributed by atoms with Crippen LogP contribution >= 0.6 is 0 Å². The average Bonchev–Trinajstić information content (AvgIpc) is 3.63. The normalized spacial score (nSPS) is 16.0. The predicted molar refractivity (Wildman–Crippen MR) is 144 cm³/mol. The number of aryl methyl sites for hydroxylation is 2. The molecule has 3 amide bonds. The Morgan fingerprint density at radius 3 is 2.28 bits per heavy atom. The molecular formula is C29H47N3O4. The van der Waals surface area contributed by atoms with Crippen LogP contribution in [-0.2, 0) is 14.3 Å². The molecule has 0 radical (unpaired) electrons. The Hall–Kier alpha value is -2.57. The number of nitrogens with one attached hydrogen (secondary N) is 2. The van der Waals surface area contributed by atoms with Crippen LogP contribution in [0.4, 0.5) is 4.79 Å². The minimum Gasteiger partial charge on any atom is -0.444 e. The van der Waals surface area contributed by atoms with E-state index >= 15 is 0 Å². The summed E-state index contributed by atoms with van der Waals surface area (Å²) in [6.45, 7) is 16.1. The summed E-state index contributed by atoms with van der Waals surface area (Å²) in [6.07, 6.45) is 4.76. The minimum atomic E-state index is -0.785. The molecule has 0 aliphatic heterocycles. The van der Waals surface area contributed by atoms with Gasteiger partial charge in [-0.15, -0.1) is 0 Å². The molecule has 1 aliphatic carbocycles. The maximum Gasteiger partial charge on any atom is 0.408 e. The number of ether oxygens (including phenoxy) is 1. The molecule has 0 heterocycles. The molecule has 1 aromatic carbocycles. The third-order valence-corrected chi connectivity index (χ3v) is 6.80. The Labute approximate surface area is 217 Å². The van der Waals surface area contributed by atoms with E-state index in [2.05, 4.69) is 17.6 Å². The van der Waals surface area contributed by atoms with E-state index in [-0.39, 0.29) is 23.8 Å². The molecule has 0 spiro atoms. The number of alkyl carbamates (subject to hydrolysis) is 1. The number of nitrogens with zero attached hydrogens (tertiary/aromatic N) is 1. The maximum atomic E-state index is 14.1. The molecule has 0 aromatic heterocycles. The molecule has 1 aromatic rings. The standard InChI is InChI=1S/C29H47N3O4/c1-9-11-12-17-30-26(33)25(22-14-13-20(4)21(5)18-22)32(23-15-16-23)27(34)24(19(3)10-2)31-28(35)36-29(6,7)8/h13-14,18-19,23-25H,9-12,15-17H2,1-8H3,(H,30,33)(H,31,35). The van der Waals surface area contributed by atoms with E-state index in [1.165, 1.54) is 0 Å². The second-order valence-electron chi connectivity index (χ2n) is 11.2. The van der Waals surface area contributed by atoms with Crippen molar-refractivity contribution in [3.05, 3.63) is 34.9 Å². The maximum absolute atomic E-state index is 14.1. The van der Waals surface area contributed by atoms with Crippen molar-refractivity contribution in [2.24, 2.45) is 5.92 Å². The number of amides is 3. The number of hydrogen-bond acceptors (Lipinski definition) is 4. The molecule has 0 bridgehead atoms. The van der Waals surface area contributed by atoms with Crippen LogP contribution in [0.25, 0.3) is 0 Å². The van der Waals surface area contributed by atoms with E-state index in [0.717, 1.165) is 48.8 Å². The average molecular weight is 502 g/mol. The summed E-state index contributed by atoms with van der Waals surface area (Å²) in [6, 6.07) is 4.39. The van der Waals surface area contributed by atoms with Crippen LogP contribution in [0.3, 0.4) is 0 Å². The van der Waals surface area contributed by atoms with E-state index in [0.29, 0.717) is 13.0 Å². The number of unbranched alkanes of at least 4 members (excludes halogenated alkanes) is 2. The highest BCUT2D eigenvalue weighted by Gasteiger charge is 2.45. The van der Waals surface area contributed by atoms with Crippen LogP contribution in [0.2, 0.25) is 0 Å². The lowest BCUT2D eigenvalue weighted by molar-refractivity contribution is -0.144. The number of carbonyl (C=O) groups excluding carboxylic acids is 3. The third-order valence-electron chi connectivity index (χ3n) is 6.80. The molecule has 1 saturated carbocycles. The fourth-order valence-electron chi connectivity index (χ4n) is 4.21. The van der Waals surface area contributed by atoms with Gasteiger partial charge in [-0.25, -0.2) is 4.79 Å². The Balaban J connectivity index is 2.43. The van der Waals surface area contributed by atoms with Crippen LogP contribution in [0.5, 0.6) is 0 Å². The largest absolute Gasteiger partial charge is 0.444 e. The summed E-state index contributed by atoms with van der Waals surface area (Å²) in [5.74, 6) is -0.529. The molecule has 2 rings (SSSR count). The van der Waals surface area contributed by atoms with Crippen molar-refractivity contribution in [1.82, 2.24) is 15.5 Å². The molecule has 7 heteroatoms. The first-order valence-electron chi connectivity index (χ1n) is 13.6. The lowest BCUT2D eigenvalue weighted by Gasteiger charge is -2.36. The first-order chi connectivity index (χ1) is 16.9. The van der Waals surface area contributed by atoms with Gasteiger partial charge in [0.05, 0.1) is 0 Å². The SMILES string of the molecule is CCCCCNC(=O)C(c1ccc(C)c(C)c1)N(C(=O)C(NC(=O)OC(C)(C)C)C(C)CC)C1CC1. The van der Waals surface area contributed by atoms with Gasteiger partial charge in [0.2, 0.25) is 11.8 Å². The molecule has 7 nitrogen and oxygen atoms in total. The van der Waals surface area contributed by atoms with Crippen molar-refractivity contribution in [3.63, 3.8) is 0 Å². The van der Waals surface area contributed by atoms with Gasteiger partial charge in [-0.05, 0) is 76.5 Å². The lowest BCUT2D eigenvalue weighted by Crippen LogP contribution is -2.55. The van der Waals surface area contributed by atoms with E-state index in [1.54, 1.807) is 25.7 Å². The smallest absolute Gasteiger partial charge is 0.408 e. The molecule has 36 heavy (non-hydrogen) atoms. The number of carbonyl (C=O) groups is 3. The van der Waals surface area contributed by atoms with Crippen LogP contribution in [0.15, 0.2) is 18.2 Å². The van der Waals surface area contributed by atoms with Gasteiger partial charge in [-0.3, -0.25) is 9.59 Å². The number of rotatable bonds is 12. The van der Waals surface area contributed by atoms with Crippen LogP contribution in [0.1, 0.15) is 103 Å². The van der Waals surface area contributed by atoms with E-state index in [9.17, 15) is 14.4 Å². The third kappa shape index (κ3) is 8.52. The van der Waals surface area contributed by atoms with Gasteiger partial charge in [0.1, 0.15) is 17.7 Å². The van der Waals surface area contributed by atoms with Gasteiger partial charge in [-0.1, -0.05) is 58.2 Å². The summed E-state index contributed by atoms with van der Waals surface area (Å²) >= 11 is 0. The summed E-state index contributed by atoms with van der Waals surface area (Å²) in [4.78, 5) is 42.2. The molecule has 0 saturated heterocycles. The first-order valence-corrected chi connectivity index (χ1v) is 13.6. The van der Waals surface area contributed by atoms with Crippen LogP contribution in [-0.4, -0.2) is 47.0 Å². The van der Waals surface area contributed by atoms with Crippen molar-refractivity contribution in [2.45, 2.75) is 118 Å². The van der Waals surface area contributed by atoms with E-state index in [1.807, 2.05) is 45.9 Å².